The summed E-state index contributed by atoms with van der Waals surface area (Å²) in [4.78, 5) is 37.6. The van der Waals surface area contributed by atoms with Crippen LogP contribution in [0.15, 0.2) is 5.11 Å². The van der Waals surface area contributed by atoms with Crippen LogP contribution in [-0.4, -0.2) is 59.3 Å². The van der Waals surface area contributed by atoms with E-state index >= 15 is 0 Å². The average Bonchev–Trinajstić information content (AvgIpc) is 3.19. The van der Waals surface area contributed by atoms with Gasteiger partial charge in [-0.2, -0.15) is 0 Å². The molecule has 0 spiro atoms. The third-order valence-electron chi connectivity index (χ3n) is 5.34. The standard InChI is InChI=1S/C17H25N7O2S/c1-4-24(3)17(26)10-5-6-11(21-22-18)12(7-10)19-15(25)16-20-13-8-23(2)9-14(13)27-16/h10-12H,4-9H2,1-3H3,(H,19,25)/t10-,11-,12+/m0/s1. The van der Waals surface area contributed by atoms with Gasteiger partial charge in [0.1, 0.15) is 0 Å². The number of hydrogen-bond donors (Lipinski definition) is 1. The lowest BCUT2D eigenvalue weighted by atomic mass is 9.81. The molecular formula is C17H25N7O2S. The van der Waals surface area contributed by atoms with Gasteiger partial charge >= 0.3 is 0 Å². The van der Waals surface area contributed by atoms with Gasteiger partial charge in [-0.1, -0.05) is 5.11 Å². The fourth-order valence-corrected chi connectivity index (χ4v) is 4.77. The molecule has 1 fully saturated rings. The van der Waals surface area contributed by atoms with E-state index in [1.807, 2.05) is 14.0 Å². The topological polar surface area (TPSA) is 114 Å². The summed E-state index contributed by atoms with van der Waals surface area (Å²) in [5.74, 6) is -0.343. The van der Waals surface area contributed by atoms with E-state index < -0.39 is 0 Å². The van der Waals surface area contributed by atoms with Crippen LogP contribution in [0.1, 0.15) is 46.6 Å². The van der Waals surface area contributed by atoms with E-state index in [1.165, 1.54) is 11.3 Å². The summed E-state index contributed by atoms with van der Waals surface area (Å²) in [6.45, 7) is 4.14. The van der Waals surface area contributed by atoms with E-state index in [1.54, 1.807) is 11.9 Å². The molecule has 27 heavy (non-hydrogen) atoms. The molecule has 1 N–H and O–H groups in total. The second-order valence-corrected chi connectivity index (χ2v) is 8.36. The average molecular weight is 392 g/mol. The van der Waals surface area contributed by atoms with E-state index in [2.05, 4.69) is 25.2 Å². The Morgan fingerprint density at radius 3 is 2.89 bits per heavy atom. The van der Waals surface area contributed by atoms with Gasteiger partial charge in [0, 0.05) is 48.4 Å². The normalized spacial score (nSPS) is 24.8. The van der Waals surface area contributed by atoms with Crippen LogP contribution < -0.4 is 5.32 Å². The van der Waals surface area contributed by atoms with Gasteiger partial charge in [0.2, 0.25) is 5.91 Å². The third-order valence-corrected chi connectivity index (χ3v) is 6.42. The molecule has 146 valence electrons. The molecule has 9 nitrogen and oxygen atoms in total. The number of nitrogens with one attached hydrogen (secondary N) is 1. The lowest BCUT2D eigenvalue weighted by Crippen LogP contribution is -2.49. The molecule has 1 aliphatic heterocycles. The molecule has 1 aromatic heterocycles. The number of hydrogen-bond acceptors (Lipinski definition) is 6. The zero-order chi connectivity index (χ0) is 19.6. The van der Waals surface area contributed by atoms with E-state index in [-0.39, 0.29) is 29.8 Å². The van der Waals surface area contributed by atoms with Crippen molar-refractivity contribution in [1.29, 1.82) is 0 Å². The molecule has 1 aliphatic carbocycles. The van der Waals surface area contributed by atoms with Crippen LogP contribution in [0.5, 0.6) is 0 Å². The molecule has 0 saturated heterocycles. The lowest BCUT2D eigenvalue weighted by molar-refractivity contribution is -0.135. The maximum absolute atomic E-state index is 12.7. The van der Waals surface area contributed by atoms with Gasteiger partial charge in [-0.3, -0.25) is 14.5 Å². The van der Waals surface area contributed by atoms with Crippen LogP contribution in [0.4, 0.5) is 0 Å². The van der Waals surface area contributed by atoms with Gasteiger partial charge in [-0.15, -0.1) is 11.3 Å². The van der Waals surface area contributed by atoms with Crippen molar-refractivity contribution in [3.05, 3.63) is 26.0 Å². The zero-order valence-corrected chi connectivity index (χ0v) is 16.7. The van der Waals surface area contributed by atoms with Crippen LogP contribution in [-0.2, 0) is 17.9 Å². The Bertz CT molecular complexity index is 750. The minimum Gasteiger partial charge on any atom is -0.347 e. The number of nitrogens with zero attached hydrogens (tertiary/aromatic N) is 6. The van der Waals surface area contributed by atoms with Gasteiger partial charge in [0.25, 0.3) is 5.91 Å². The Hall–Kier alpha value is -2.16. The van der Waals surface area contributed by atoms with E-state index in [9.17, 15) is 9.59 Å². The van der Waals surface area contributed by atoms with Crippen LogP contribution in [0.2, 0.25) is 0 Å². The van der Waals surface area contributed by atoms with Gasteiger partial charge in [-0.25, -0.2) is 4.98 Å². The Balaban J connectivity index is 1.71. The molecule has 2 amide bonds. The highest BCUT2D eigenvalue weighted by atomic mass is 32.1. The lowest BCUT2D eigenvalue weighted by Gasteiger charge is -2.35. The number of thiazole rings is 1. The van der Waals surface area contributed by atoms with E-state index in [0.717, 1.165) is 23.7 Å². The highest BCUT2D eigenvalue weighted by molar-refractivity contribution is 7.13. The predicted molar refractivity (Wildman–Crippen MR) is 102 cm³/mol. The SMILES string of the molecule is CCN(C)C(=O)[C@H]1CC[C@H](N=[N+]=[N-])[C@H](NC(=O)c2nc3c(s2)CN(C)C3)C1. The monoisotopic (exact) mass is 391 g/mol. The van der Waals surface area contributed by atoms with Crippen molar-refractivity contribution in [2.45, 2.75) is 51.4 Å². The highest BCUT2D eigenvalue weighted by Gasteiger charge is 2.36. The maximum atomic E-state index is 12.7. The van der Waals surface area contributed by atoms with E-state index in [4.69, 9.17) is 5.53 Å². The minimum absolute atomic E-state index is 0.0763. The number of fused-ring (bicyclic) bond motifs is 1. The highest BCUT2D eigenvalue weighted by Crippen LogP contribution is 2.30. The smallest absolute Gasteiger partial charge is 0.280 e. The Kier molecular flexibility index (Phi) is 5.98. The van der Waals surface area contributed by atoms with Crippen molar-refractivity contribution in [3.8, 4) is 0 Å². The number of rotatable bonds is 5. The first-order chi connectivity index (χ1) is 12.9. The largest absolute Gasteiger partial charge is 0.347 e. The summed E-state index contributed by atoms with van der Waals surface area (Å²) in [6.07, 6.45) is 1.73. The number of aromatic nitrogens is 1. The van der Waals surface area contributed by atoms with Crippen molar-refractivity contribution < 1.29 is 9.59 Å². The fraction of sp³-hybridized carbons (Fsp3) is 0.706. The summed E-state index contributed by atoms with van der Waals surface area (Å²) >= 11 is 1.41. The number of amides is 2. The molecule has 1 aromatic rings. The van der Waals surface area contributed by atoms with Crippen molar-refractivity contribution >= 4 is 23.2 Å². The van der Waals surface area contributed by atoms with Crippen LogP contribution in [0, 0.1) is 5.92 Å². The van der Waals surface area contributed by atoms with E-state index in [0.29, 0.717) is 30.8 Å². The zero-order valence-electron chi connectivity index (χ0n) is 15.9. The van der Waals surface area contributed by atoms with Crippen molar-refractivity contribution in [2.24, 2.45) is 11.0 Å². The van der Waals surface area contributed by atoms with Crippen LogP contribution >= 0.6 is 11.3 Å². The van der Waals surface area contributed by atoms with Crippen molar-refractivity contribution in [2.75, 3.05) is 20.6 Å². The third kappa shape index (κ3) is 4.23. The summed E-state index contributed by atoms with van der Waals surface area (Å²) in [5, 5.41) is 7.26. The van der Waals surface area contributed by atoms with Gasteiger partial charge in [0.15, 0.2) is 5.01 Å². The Morgan fingerprint density at radius 2 is 2.22 bits per heavy atom. The minimum atomic E-state index is -0.359. The molecule has 2 heterocycles. The summed E-state index contributed by atoms with van der Waals surface area (Å²) in [5.41, 5.74) is 9.81. The molecular weight excluding hydrogens is 366 g/mol. The van der Waals surface area contributed by atoms with Crippen molar-refractivity contribution in [1.82, 2.24) is 20.1 Å². The molecule has 2 aliphatic rings. The van der Waals surface area contributed by atoms with Gasteiger partial charge < -0.3 is 10.2 Å². The molecule has 0 aromatic carbocycles. The molecule has 3 rings (SSSR count). The first-order valence-electron chi connectivity index (χ1n) is 9.20. The maximum Gasteiger partial charge on any atom is 0.280 e. The quantitative estimate of drug-likeness (QED) is 0.470. The number of azide groups is 1. The Morgan fingerprint density at radius 1 is 1.44 bits per heavy atom. The number of carbonyl (C=O) groups is 2. The first kappa shape index (κ1) is 19.6. The number of carbonyl (C=O) groups excluding carboxylic acids is 2. The summed E-state index contributed by atoms with van der Waals surface area (Å²) in [7, 11) is 3.80. The molecule has 1 saturated carbocycles. The second kappa shape index (κ2) is 8.24. The van der Waals surface area contributed by atoms with Crippen molar-refractivity contribution in [3.63, 3.8) is 0 Å². The molecule has 0 unspecified atom stereocenters. The van der Waals surface area contributed by atoms with Gasteiger partial charge in [0.05, 0.1) is 11.7 Å². The first-order valence-corrected chi connectivity index (χ1v) is 10.0. The Labute approximate surface area is 162 Å². The summed E-state index contributed by atoms with van der Waals surface area (Å²) in [6, 6.07) is -0.698. The summed E-state index contributed by atoms with van der Waals surface area (Å²) < 4.78 is 0. The fourth-order valence-electron chi connectivity index (χ4n) is 3.72. The second-order valence-electron chi connectivity index (χ2n) is 7.28. The molecule has 10 heteroatoms. The van der Waals surface area contributed by atoms with Crippen LogP contribution in [0.25, 0.3) is 10.4 Å². The van der Waals surface area contributed by atoms with Crippen LogP contribution in [0.3, 0.4) is 0 Å². The van der Waals surface area contributed by atoms with Gasteiger partial charge in [-0.05, 0) is 38.8 Å². The molecule has 0 radical (unpaired) electrons. The predicted octanol–water partition coefficient (Wildman–Crippen LogP) is 2.14. The molecule has 0 bridgehead atoms. The molecule has 3 atom stereocenters.